The fourth-order valence-corrected chi connectivity index (χ4v) is 3.48. The van der Waals surface area contributed by atoms with Crippen LogP contribution < -0.4 is 9.46 Å². The highest BCUT2D eigenvalue weighted by Crippen LogP contribution is 2.20. The topological polar surface area (TPSA) is 121 Å². The summed E-state index contributed by atoms with van der Waals surface area (Å²) < 4.78 is 42.4. The highest BCUT2D eigenvalue weighted by atomic mass is 32.2. The normalized spacial score (nSPS) is 11.2. The van der Waals surface area contributed by atoms with Gasteiger partial charge >= 0.3 is 5.97 Å². The minimum atomic E-state index is -3.89. The summed E-state index contributed by atoms with van der Waals surface area (Å²) in [5, 5.41) is 3.86. The van der Waals surface area contributed by atoms with E-state index in [0.29, 0.717) is 18.0 Å². The van der Waals surface area contributed by atoms with Crippen molar-refractivity contribution in [3.63, 3.8) is 0 Å². The summed E-state index contributed by atoms with van der Waals surface area (Å²) >= 11 is 0. The molecule has 0 spiro atoms. The molecule has 10 heteroatoms. The first kappa shape index (κ1) is 20.5. The summed E-state index contributed by atoms with van der Waals surface area (Å²) in [7, 11) is -2.67. The molecule has 29 heavy (non-hydrogen) atoms. The molecule has 0 fully saturated rings. The van der Waals surface area contributed by atoms with Crippen molar-refractivity contribution in [2.24, 2.45) is 0 Å². The molecule has 0 radical (unpaired) electrons. The average molecular weight is 417 g/mol. The lowest BCUT2D eigenvalue weighted by molar-refractivity contribution is 0.0600. The molecule has 0 aliphatic heterocycles. The molecule has 3 aromatic rings. The Bertz CT molecular complexity index is 1090. The molecule has 0 unspecified atom stereocenters. The van der Waals surface area contributed by atoms with Crippen LogP contribution >= 0.6 is 0 Å². The average Bonchev–Trinajstić information content (AvgIpc) is 3.22. The van der Waals surface area contributed by atoms with Gasteiger partial charge in [-0.15, -0.1) is 0 Å². The Morgan fingerprint density at radius 2 is 1.93 bits per heavy atom. The summed E-state index contributed by atoms with van der Waals surface area (Å²) in [6, 6.07) is 12.6. The van der Waals surface area contributed by atoms with E-state index in [1.54, 1.807) is 24.3 Å². The van der Waals surface area contributed by atoms with E-state index in [0.717, 1.165) is 5.75 Å². The summed E-state index contributed by atoms with van der Waals surface area (Å²) in [6.07, 6.45) is 0. The number of hydrogen-bond acceptors (Lipinski definition) is 8. The first-order valence-corrected chi connectivity index (χ1v) is 10.1. The van der Waals surface area contributed by atoms with Gasteiger partial charge in [0.1, 0.15) is 5.75 Å². The van der Waals surface area contributed by atoms with Gasteiger partial charge in [0.25, 0.3) is 0 Å². The number of methoxy groups -OCH3 is 1. The van der Waals surface area contributed by atoms with E-state index in [-0.39, 0.29) is 22.9 Å². The van der Waals surface area contributed by atoms with Gasteiger partial charge in [0, 0.05) is 5.56 Å². The van der Waals surface area contributed by atoms with Gasteiger partial charge in [0.2, 0.25) is 21.7 Å². The summed E-state index contributed by atoms with van der Waals surface area (Å²) in [5.41, 5.74) is 0.836. The van der Waals surface area contributed by atoms with Gasteiger partial charge in [0.15, 0.2) is 0 Å². The largest absolute Gasteiger partial charge is 0.494 e. The van der Waals surface area contributed by atoms with E-state index in [1.165, 1.54) is 31.4 Å². The fourth-order valence-electron chi connectivity index (χ4n) is 2.46. The summed E-state index contributed by atoms with van der Waals surface area (Å²) in [6.45, 7) is 2.26. The Kier molecular flexibility index (Phi) is 6.25. The van der Waals surface area contributed by atoms with Crippen LogP contribution in [0, 0.1) is 0 Å². The van der Waals surface area contributed by atoms with E-state index in [1.807, 2.05) is 6.92 Å². The highest BCUT2D eigenvalue weighted by Gasteiger charge is 2.18. The summed E-state index contributed by atoms with van der Waals surface area (Å²) in [5.74, 6) is 0.525. The second-order valence-corrected chi connectivity index (χ2v) is 7.58. The molecule has 1 aromatic heterocycles. The van der Waals surface area contributed by atoms with E-state index in [4.69, 9.17) is 9.26 Å². The Labute approximate surface area is 167 Å². The summed E-state index contributed by atoms with van der Waals surface area (Å²) in [4.78, 5) is 15.7. The zero-order valence-electron chi connectivity index (χ0n) is 15.8. The molecule has 3 rings (SSSR count). The lowest BCUT2D eigenvalue weighted by atomic mass is 10.2. The third kappa shape index (κ3) is 4.98. The minimum absolute atomic E-state index is 0.0772. The highest BCUT2D eigenvalue weighted by molar-refractivity contribution is 7.89. The molecule has 0 amide bonds. The number of benzene rings is 2. The number of rotatable bonds is 8. The molecule has 0 aliphatic carbocycles. The molecule has 0 saturated heterocycles. The lowest BCUT2D eigenvalue weighted by Crippen LogP contribution is -2.23. The second-order valence-electron chi connectivity index (χ2n) is 5.81. The lowest BCUT2D eigenvalue weighted by Gasteiger charge is -2.06. The molecule has 0 aliphatic rings. The third-order valence-corrected chi connectivity index (χ3v) is 5.27. The van der Waals surface area contributed by atoms with E-state index in [9.17, 15) is 13.2 Å². The van der Waals surface area contributed by atoms with Crippen LogP contribution in [0.1, 0.15) is 23.2 Å². The predicted molar refractivity (Wildman–Crippen MR) is 103 cm³/mol. The molecular weight excluding hydrogens is 398 g/mol. The first-order valence-electron chi connectivity index (χ1n) is 8.67. The zero-order valence-corrected chi connectivity index (χ0v) is 16.6. The fraction of sp³-hybridized carbons (Fsp3) is 0.211. The maximum absolute atomic E-state index is 12.5. The van der Waals surface area contributed by atoms with Gasteiger partial charge < -0.3 is 14.0 Å². The molecule has 2 aromatic carbocycles. The molecule has 0 atom stereocenters. The van der Waals surface area contributed by atoms with Gasteiger partial charge in [-0.05, 0) is 49.4 Å². The number of nitrogens with one attached hydrogen (secondary N) is 1. The second kappa shape index (κ2) is 8.84. The van der Waals surface area contributed by atoms with Crippen LogP contribution in [0.3, 0.4) is 0 Å². The van der Waals surface area contributed by atoms with Crippen LogP contribution in [0.4, 0.5) is 0 Å². The van der Waals surface area contributed by atoms with Gasteiger partial charge in [-0.3, -0.25) is 0 Å². The molecule has 152 valence electrons. The van der Waals surface area contributed by atoms with E-state index < -0.39 is 16.0 Å². The van der Waals surface area contributed by atoms with Crippen LogP contribution in [-0.2, 0) is 21.3 Å². The van der Waals surface area contributed by atoms with Crippen molar-refractivity contribution in [3.05, 3.63) is 60.0 Å². The Balaban J connectivity index is 1.69. The van der Waals surface area contributed by atoms with Crippen molar-refractivity contribution < 1.29 is 27.2 Å². The van der Waals surface area contributed by atoms with Crippen molar-refractivity contribution in [3.8, 4) is 17.1 Å². The quantitative estimate of drug-likeness (QED) is 0.555. The van der Waals surface area contributed by atoms with Crippen LogP contribution in [0.15, 0.2) is 57.9 Å². The van der Waals surface area contributed by atoms with Crippen LogP contribution in [-0.4, -0.2) is 38.2 Å². The van der Waals surface area contributed by atoms with Gasteiger partial charge in [-0.25, -0.2) is 17.9 Å². The van der Waals surface area contributed by atoms with Crippen molar-refractivity contribution in [1.82, 2.24) is 14.9 Å². The van der Waals surface area contributed by atoms with Gasteiger partial charge in [-0.1, -0.05) is 11.2 Å². The SMILES string of the molecule is CCOc1ccc(-c2noc(CNS(=O)(=O)c3cccc(C(=O)OC)c3)n2)cc1. The van der Waals surface area contributed by atoms with Crippen LogP contribution in [0.2, 0.25) is 0 Å². The van der Waals surface area contributed by atoms with Crippen molar-refractivity contribution in [2.75, 3.05) is 13.7 Å². The first-order chi connectivity index (χ1) is 13.9. The molecular formula is C19H19N3O6S. The number of carbonyl (C=O) groups excluding carboxylic acids is 1. The van der Waals surface area contributed by atoms with Crippen molar-refractivity contribution in [2.45, 2.75) is 18.4 Å². The monoisotopic (exact) mass is 417 g/mol. The zero-order chi connectivity index (χ0) is 20.9. The standard InChI is InChI=1S/C19H19N3O6S/c1-3-27-15-9-7-13(8-10-15)18-21-17(28-22-18)12-20-29(24,25)16-6-4-5-14(11-16)19(23)26-2/h4-11,20H,3,12H2,1-2H3. The number of ether oxygens (including phenoxy) is 2. The minimum Gasteiger partial charge on any atom is -0.494 e. The number of nitrogens with zero attached hydrogens (tertiary/aromatic N) is 2. The van der Waals surface area contributed by atoms with Gasteiger partial charge in [-0.2, -0.15) is 4.98 Å². The molecule has 0 bridgehead atoms. The van der Waals surface area contributed by atoms with Crippen LogP contribution in [0.25, 0.3) is 11.4 Å². The van der Waals surface area contributed by atoms with Crippen LogP contribution in [0.5, 0.6) is 5.75 Å². The number of esters is 1. The maximum Gasteiger partial charge on any atom is 0.337 e. The van der Waals surface area contributed by atoms with Crippen molar-refractivity contribution in [1.29, 1.82) is 0 Å². The molecule has 0 saturated carbocycles. The number of sulfonamides is 1. The third-order valence-electron chi connectivity index (χ3n) is 3.87. The molecule has 9 nitrogen and oxygen atoms in total. The van der Waals surface area contributed by atoms with E-state index >= 15 is 0 Å². The molecule has 1 heterocycles. The Morgan fingerprint density at radius 1 is 1.17 bits per heavy atom. The smallest absolute Gasteiger partial charge is 0.337 e. The van der Waals surface area contributed by atoms with Crippen molar-refractivity contribution >= 4 is 16.0 Å². The number of carbonyl (C=O) groups is 1. The Hall–Kier alpha value is -3.24. The maximum atomic E-state index is 12.5. The molecule has 1 N–H and O–H groups in total. The van der Waals surface area contributed by atoms with E-state index in [2.05, 4.69) is 19.6 Å². The number of aromatic nitrogens is 2. The van der Waals surface area contributed by atoms with Gasteiger partial charge in [0.05, 0.1) is 30.7 Å². The number of hydrogen-bond donors (Lipinski definition) is 1. The Morgan fingerprint density at radius 3 is 2.62 bits per heavy atom. The predicted octanol–water partition coefficient (Wildman–Crippen LogP) is 2.40.